The average molecular weight is 113 g/mol. The Morgan fingerprint density at radius 2 is 2.14 bits per heavy atom. The molecule has 0 amide bonds. The lowest BCUT2D eigenvalue weighted by molar-refractivity contribution is 1.51. The normalized spacial score (nSPS) is 9.29. The Hall–Kier alpha value is -0.990. The van der Waals surface area contributed by atoms with Gasteiger partial charge in [0, 0.05) is 6.08 Å². The molecule has 0 heterocycles. The maximum absolute atomic E-state index is 7.86. The lowest BCUT2D eigenvalue weighted by atomic mass is 10.6. The molecule has 0 rings (SSSR count). The number of halogens is 1. The molecule has 0 saturated carbocycles. The SMILES string of the molecule is N#C/C=C(/Cl)C#N. The zero-order chi connectivity index (χ0) is 5.70. The summed E-state index contributed by atoms with van der Waals surface area (Å²) in [6, 6.07) is 3.17. The van der Waals surface area contributed by atoms with Gasteiger partial charge in [-0.3, -0.25) is 0 Å². The van der Waals surface area contributed by atoms with E-state index in [1.807, 2.05) is 0 Å². The van der Waals surface area contributed by atoms with Crippen LogP contribution in [0.1, 0.15) is 0 Å². The second-order valence-corrected chi connectivity index (χ2v) is 1.14. The van der Waals surface area contributed by atoms with Gasteiger partial charge in [0.2, 0.25) is 0 Å². The number of nitrogens with zero attached hydrogens (tertiary/aromatic N) is 2. The van der Waals surface area contributed by atoms with Gasteiger partial charge >= 0.3 is 0 Å². The smallest absolute Gasteiger partial charge is 0.128 e. The van der Waals surface area contributed by atoms with Crippen LogP contribution in [0.2, 0.25) is 0 Å². The van der Waals surface area contributed by atoms with Crippen molar-refractivity contribution in [1.29, 1.82) is 10.5 Å². The molecule has 0 atom stereocenters. The van der Waals surface area contributed by atoms with Gasteiger partial charge in [0.1, 0.15) is 11.1 Å². The van der Waals surface area contributed by atoms with E-state index in [4.69, 9.17) is 22.1 Å². The molecule has 0 aliphatic rings. The Morgan fingerprint density at radius 1 is 1.57 bits per heavy atom. The highest BCUT2D eigenvalue weighted by molar-refractivity contribution is 6.32. The van der Waals surface area contributed by atoms with Gasteiger partial charge < -0.3 is 0 Å². The van der Waals surface area contributed by atoms with Gasteiger partial charge in [0.25, 0.3) is 0 Å². The Bertz CT molecular complexity index is 158. The molecule has 0 radical (unpaired) electrons. The highest BCUT2D eigenvalue weighted by atomic mass is 35.5. The molecule has 0 fully saturated rings. The molecule has 0 saturated heterocycles. The fourth-order valence-electron chi connectivity index (χ4n) is 0.0889. The molecule has 0 unspecified atom stereocenters. The van der Waals surface area contributed by atoms with E-state index < -0.39 is 0 Å². The lowest BCUT2D eigenvalue weighted by Crippen LogP contribution is -1.55. The summed E-state index contributed by atoms with van der Waals surface area (Å²) in [5.41, 5.74) is 0. The van der Waals surface area contributed by atoms with Crippen molar-refractivity contribution in [2.45, 2.75) is 0 Å². The van der Waals surface area contributed by atoms with Crippen LogP contribution in [0.4, 0.5) is 0 Å². The third-order valence-corrected chi connectivity index (χ3v) is 0.492. The van der Waals surface area contributed by atoms with Crippen molar-refractivity contribution in [2.75, 3.05) is 0 Å². The monoisotopic (exact) mass is 112 g/mol. The first kappa shape index (κ1) is 6.01. The molecule has 2 nitrogen and oxygen atoms in total. The van der Waals surface area contributed by atoms with Gasteiger partial charge in [0.05, 0.1) is 6.07 Å². The number of hydrogen-bond acceptors (Lipinski definition) is 2. The van der Waals surface area contributed by atoms with Crippen molar-refractivity contribution in [2.24, 2.45) is 0 Å². The van der Waals surface area contributed by atoms with Crippen LogP contribution in [-0.4, -0.2) is 0 Å². The molecule has 0 aliphatic carbocycles. The molecule has 0 N–H and O–H groups in total. The molecule has 3 heteroatoms. The third kappa shape index (κ3) is 2.82. The topological polar surface area (TPSA) is 47.6 Å². The minimum atomic E-state index is -0.0810. The van der Waals surface area contributed by atoms with Crippen molar-refractivity contribution < 1.29 is 0 Å². The second kappa shape index (κ2) is 3.21. The summed E-state index contributed by atoms with van der Waals surface area (Å²) in [5, 5.41) is 15.6. The standard InChI is InChI=1S/C4HClN2/c5-4(3-7)1-2-6/h1H/b4-1+. The second-order valence-electron chi connectivity index (χ2n) is 0.733. The van der Waals surface area contributed by atoms with E-state index in [-0.39, 0.29) is 5.03 Å². The molecular formula is C4HClN2. The number of hydrogen-bond donors (Lipinski definition) is 0. The summed E-state index contributed by atoms with van der Waals surface area (Å²) in [4.78, 5) is 0. The molecule has 0 aromatic heterocycles. The van der Waals surface area contributed by atoms with E-state index in [0.717, 1.165) is 6.08 Å². The average Bonchev–Trinajstić information content (AvgIpc) is 1.68. The molecule has 0 aliphatic heterocycles. The van der Waals surface area contributed by atoms with Crippen LogP contribution < -0.4 is 0 Å². The fourth-order valence-corrected chi connectivity index (χ4v) is 0.138. The van der Waals surface area contributed by atoms with Crippen molar-refractivity contribution in [1.82, 2.24) is 0 Å². The van der Waals surface area contributed by atoms with E-state index in [1.54, 1.807) is 12.1 Å². The van der Waals surface area contributed by atoms with Crippen molar-refractivity contribution in [3.8, 4) is 12.1 Å². The molecule has 0 aromatic rings. The molecule has 7 heavy (non-hydrogen) atoms. The van der Waals surface area contributed by atoms with Gasteiger partial charge in [-0.1, -0.05) is 11.6 Å². The van der Waals surface area contributed by atoms with Crippen molar-refractivity contribution in [3.63, 3.8) is 0 Å². The summed E-state index contributed by atoms with van der Waals surface area (Å²) in [6.45, 7) is 0. The van der Waals surface area contributed by atoms with E-state index in [1.165, 1.54) is 0 Å². The molecule has 0 spiro atoms. The number of rotatable bonds is 0. The maximum Gasteiger partial charge on any atom is 0.128 e. The van der Waals surface area contributed by atoms with Crippen LogP contribution >= 0.6 is 11.6 Å². The predicted octanol–water partition coefficient (Wildman–Crippen LogP) is 1.16. The van der Waals surface area contributed by atoms with Crippen LogP contribution in [0.3, 0.4) is 0 Å². The first-order valence-electron chi connectivity index (χ1n) is 1.46. The Kier molecular flexibility index (Phi) is 2.76. The van der Waals surface area contributed by atoms with Gasteiger partial charge in [-0.2, -0.15) is 10.5 Å². The first-order valence-corrected chi connectivity index (χ1v) is 1.84. The van der Waals surface area contributed by atoms with Crippen LogP contribution in [0.15, 0.2) is 11.1 Å². The number of nitriles is 2. The van der Waals surface area contributed by atoms with Gasteiger partial charge in [0.15, 0.2) is 0 Å². The zero-order valence-corrected chi connectivity index (χ0v) is 4.11. The van der Waals surface area contributed by atoms with Crippen LogP contribution in [0, 0.1) is 22.7 Å². The number of allylic oxidation sites excluding steroid dienone is 2. The summed E-state index contributed by atoms with van der Waals surface area (Å²) < 4.78 is 0. The van der Waals surface area contributed by atoms with Crippen molar-refractivity contribution >= 4 is 11.6 Å². The van der Waals surface area contributed by atoms with E-state index in [9.17, 15) is 0 Å². The quantitative estimate of drug-likeness (QED) is 0.442. The fraction of sp³-hybridized carbons (Fsp3) is 0. The largest absolute Gasteiger partial charge is 0.193 e. The highest BCUT2D eigenvalue weighted by Gasteiger charge is 1.79. The van der Waals surface area contributed by atoms with Gasteiger partial charge in [-0.15, -0.1) is 0 Å². The van der Waals surface area contributed by atoms with E-state index in [0.29, 0.717) is 0 Å². The van der Waals surface area contributed by atoms with E-state index >= 15 is 0 Å². The highest BCUT2D eigenvalue weighted by Crippen LogP contribution is 1.94. The third-order valence-electron chi connectivity index (χ3n) is 0.298. The first-order chi connectivity index (χ1) is 3.31. The van der Waals surface area contributed by atoms with Crippen LogP contribution in [0.25, 0.3) is 0 Å². The maximum atomic E-state index is 7.86. The minimum Gasteiger partial charge on any atom is -0.193 e. The Labute approximate surface area is 46.2 Å². The predicted molar refractivity (Wildman–Crippen MR) is 25.2 cm³/mol. The Morgan fingerprint density at radius 3 is 2.29 bits per heavy atom. The van der Waals surface area contributed by atoms with E-state index in [2.05, 4.69) is 0 Å². The summed E-state index contributed by atoms with van der Waals surface area (Å²) in [5.74, 6) is 0. The summed E-state index contributed by atoms with van der Waals surface area (Å²) in [6.07, 6.45) is 0.974. The van der Waals surface area contributed by atoms with Crippen LogP contribution in [0.5, 0.6) is 0 Å². The Balaban J connectivity index is 3.89. The minimum absolute atomic E-state index is 0.0810. The molecule has 0 bridgehead atoms. The van der Waals surface area contributed by atoms with Gasteiger partial charge in [-0.25, -0.2) is 0 Å². The zero-order valence-electron chi connectivity index (χ0n) is 3.35. The van der Waals surface area contributed by atoms with Crippen molar-refractivity contribution in [3.05, 3.63) is 11.1 Å². The van der Waals surface area contributed by atoms with Gasteiger partial charge in [-0.05, 0) is 0 Å². The van der Waals surface area contributed by atoms with Crippen LogP contribution in [-0.2, 0) is 0 Å². The molecule has 0 aromatic carbocycles. The molecular weight excluding hydrogens is 112 g/mol. The lowest BCUT2D eigenvalue weighted by Gasteiger charge is -1.65. The molecule has 34 valence electrons. The summed E-state index contributed by atoms with van der Waals surface area (Å²) >= 11 is 5.04. The summed E-state index contributed by atoms with van der Waals surface area (Å²) in [7, 11) is 0.